The maximum Gasteiger partial charge on any atom is 0.195 e. The number of ether oxygens (including phenoxy) is 3. The highest BCUT2D eigenvalue weighted by molar-refractivity contribution is 6.31. The molecule has 1 atom stereocenters. The molecule has 1 aromatic heterocycles. The van der Waals surface area contributed by atoms with Gasteiger partial charge < -0.3 is 24.3 Å². The zero-order valence-electron chi connectivity index (χ0n) is 18.8. The molecule has 0 unspecified atom stereocenters. The topological polar surface area (TPSA) is 80.8 Å². The van der Waals surface area contributed by atoms with Crippen molar-refractivity contribution in [2.75, 3.05) is 26.4 Å². The zero-order chi connectivity index (χ0) is 23.0. The Morgan fingerprint density at radius 2 is 1.91 bits per heavy atom. The smallest absolute Gasteiger partial charge is 0.195 e. The molecule has 6 nitrogen and oxygen atoms in total. The van der Waals surface area contributed by atoms with Crippen LogP contribution in [-0.2, 0) is 14.9 Å². The van der Waals surface area contributed by atoms with E-state index in [1.807, 2.05) is 39.8 Å². The number of rotatable bonds is 8. The molecule has 2 N–H and O–H groups in total. The molecular formula is C25H28ClNO5. The largest absolute Gasteiger partial charge is 0.504 e. The molecule has 32 heavy (non-hydrogen) atoms. The van der Waals surface area contributed by atoms with Gasteiger partial charge in [0.15, 0.2) is 17.3 Å². The number of phenolic OH excluding ortho intramolecular Hbond substituents is 1. The first-order chi connectivity index (χ1) is 15.3. The average molecular weight is 458 g/mol. The van der Waals surface area contributed by atoms with E-state index >= 15 is 0 Å². The molecule has 0 aliphatic heterocycles. The van der Waals surface area contributed by atoms with Crippen LogP contribution >= 0.6 is 11.6 Å². The van der Waals surface area contributed by atoms with Gasteiger partial charge in [0.2, 0.25) is 0 Å². The average Bonchev–Trinajstić information content (AvgIpc) is 3.14. The Bertz CT molecular complexity index is 1170. The van der Waals surface area contributed by atoms with E-state index in [-0.39, 0.29) is 24.2 Å². The second-order valence-electron chi connectivity index (χ2n) is 8.43. The van der Waals surface area contributed by atoms with Crippen molar-refractivity contribution in [1.29, 1.82) is 0 Å². The third-order valence-electron chi connectivity index (χ3n) is 5.96. The number of halogens is 1. The van der Waals surface area contributed by atoms with E-state index in [0.29, 0.717) is 41.7 Å². The molecule has 0 spiro atoms. The summed E-state index contributed by atoms with van der Waals surface area (Å²) in [5, 5.41) is 12.1. The van der Waals surface area contributed by atoms with Crippen molar-refractivity contribution in [3.05, 3.63) is 57.7 Å². The van der Waals surface area contributed by atoms with Crippen molar-refractivity contribution < 1.29 is 24.1 Å². The lowest BCUT2D eigenvalue weighted by Gasteiger charge is -2.32. The Kier molecular flexibility index (Phi) is 6.21. The van der Waals surface area contributed by atoms with Crippen molar-refractivity contribution in [1.82, 2.24) is 4.98 Å². The number of ketones is 1. The van der Waals surface area contributed by atoms with Crippen LogP contribution in [0.4, 0.5) is 0 Å². The Labute approximate surface area is 192 Å². The third kappa shape index (κ3) is 3.87. The number of fused-ring (bicyclic) bond motifs is 4. The summed E-state index contributed by atoms with van der Waals surface area (Å²) in [6.45, 7) is 9.68. The monoisotopic (exact) mass is 457 g/mol. The summed E-state index contributed by atoms with van der Waals surface area (Å²) in [6, 6.07) is 8.72. The molecule has 0 saturated carbocycles. The van der Waals surface area contributed by atoms with E-state index in [1.54, 1.807) is 12.1 Å². The van der Waals surface area contributed by atoms with Crippen LogP contribution < -0.4 is 4.74 Å². The van der Waals surface area contributed by atoms with Gasteiger partial charge in [-0.1, -0.05) is 31.5 Å². The Hall–Kier alpha value is -2.54. The molecule has 2 aromatic carbocycles. The third-order valence-corrected chi connectivity index (χ3v) is 6.20. The van der Waals surface area contributed by atoms with Crippen LogP contribution in [0.1, 0.15) is 54.9 Å². The van der Waals surface area contributed by atoms with E-state index in [4.69, 9.17) is 25.8 Å². The fourth-order valence-corrected chi connectivity index (χ4v) is 4.52. The number of aromatic amines is 1. The maximum absolute atomic E-state index is 13.4. The minimum absolute atomic E-state index is 0.0779. The summed E-state index contributed by atoms with van der Waals surface area (Å²) < 4.78 is 17.0. The first kappa shape index (κ1) is 22.6. The molecular weight excluding hydrogens is 430 g/mol. The second kappa shape index (κ2) is 8.77. The van der Waals surface area contributed by atoms with Crippen LogP contribution in [0, 0.1) is 0 Å². The fourth-order valence-electron chi connectivity index (χ4n) is 4.34. The second-order valence-corrected chi connectivity index (χ2v) is 8.87. The van der Waals surface area contributed by atoms with E-state index in [2.05, 4.69) is 4.98 Å². The van der Waals surface area contributed by atoms with Crippen LogP contribution in [0.5, 0.6) is 11.5 Å². The van der Waals surface area contributed by atoms with Crippen LogP contribution in [-0.4, -0.2) is 48.4 Å². The predicted molar refractivity (Wildman–Crippen MR) is 124 cm³/mol. The minimum Gasteiger partial charge on any atom is -0.504 e. The Morgan fingerprint density at radius 1 is 1.12 bits per heavy atom. The number of hydrogen-bond donors (Lipinski definition) is 2. The van der Waals surface area contributed by atoms with Gasteiger partial charge in [-0.2, -0.15) is 0 Å². The van der Waals surface area contributed by atoms with E-state index in [1.165, 1.54) is 6.07 Å². The molecule has 7 heteroatoms. The number of benzene rings is 2. The molecule has 0 radical (unpaired) electrons. The van der Waals surface area contributed by atoms with Crippen molar-refractivity contribution in [2.24, 2.45) is 0 Å². The molecule has 0 saturated heterocycles. The summed E-state index contributed by atoms with van der Waals surface area (Å²) in [7, 11) is 0. The van der Waals surface area contributed by atoms with Gasteiger partial charge in [0.25, 0.3) is 0 Å². The van der Waals surface area contributed by atoms with Crippen LogP contribution in [0.2, 0.25) is 5.02 Å². The maximum atomic E-state index is 13.4. The predicted octanol–water partition coefficient (Wildman–Crippen LogP) is 5.22. The van der Waals surface area contributed by atoms with Crippen LogP contribution in [0.3, 0.4) is 0 Å². The molecule has 0 amide bonds. The van der Waals surface area contributed by atoms with Gasteiger partial charge in [-0.05, 0) is 43.7 Å². The SMILES string of the molecule is CCOC[C@H](COc1cc2c(cc1O)C(=O)c1c([nH]c3cc(Cl)ccc13)C2(C)C)OCC. The van der Waals surface area contributed by atoms with E-state index in [0.717, 1.165) is 22.2 Å². The van der Waals surface area contributed by atoms with Gasteiger partial charge >= 0.3 is 0 Å². The molecule has 0 bridgehead atoms. The lowest BCUT2D eigenvalue weighted by Crippen LogP contribution is -2.31. The Balaban J connectivity index is 1.71. The van der Waals surface area contributed by atoms with Gasteiger partial charge in [0.1, 0.15) is 12.7 Å². The summed E-state index contributed by atoms with van der Waals surface area (Å²) in [5.74, 6) is 0.104. The van der Waals surface area contributed by atoms with Crippen molar-refractivity contribution in [2.45, 2.75) is 39.2 Å². The van der Waals surface area contributed by atoms with Crippen molar-refractivity contribution >= 4 is 28.3 Å². The molecule has 1 aliphatic rings. The number of carbonyl (C=O) groups is 1. The highest BCUT2D eigenvalue weighted by Crippen LogP contribution is 2.46. The molecule has 0 fully saturated rings. The van der Waals surface area contributed by atoms with Crippen molar-refractivity contribution in [3.8, 4) is 11.5 Å². The minimum atomic E-state index is -0.513. The molecule has 1 heterocycles. The number of aromatic nitrogens is 1. The van der Waals surface area contributed by atoms with E-state index < -0.39 is 5.41 Å². The quantitative estimate of drug-likeness (QED) is 0.484. The Morgan fingerprint density at radius 3 is 2.62 bits per heavy atom. The molecule has 1 aliphatic carbocycles. The molecule has 4 rings (SSSR count). The fraction of sp³-hybridized carbons (Fsp3) is 0.400. The number of H-pyrrole nitrogens is 1. The van der Waals surface area contributed by atoms with Crippen LogP contribution in [0.15, 0.2) is 30.3 Å². The van der Waals surface area contributed by atoms with Gasteiger partial charge in [-0.3, -0.25) is 4.79 Å². The van der Waals surface area contributed by atoms with Gasteiger partial charge in [-0.25, -0.2) is 0 Å². The number of hydrogen-bond acceptors (Lipinski definition) is 5. The van der Waals surface area contributed by atoms with Gasteiger partial charge in [-0.15, -0.1) is 0 Å². The highest BCUT2D eigenvalue weighted by Gasteiger charge is 2.40. The number of phenols is 1. The normalized spacial score (nSPS) is 15.5. The van der Waals surface area contributed by atoms with E-state index in [9.17, 15) is 9.90 Å². The first-order valence-corrected chi connectivity index (χ1v) is 11.2. The van der Waals surface area contributed by atoms with Crippen molar-refractivity contribution in [3.63, 3.8) is 0 Å². The highest BCUT2D eigenvalue weighted by atomic mass is 35.5. The summed E-state index contributed by atoms with van der Waals surface area (Å²) >= 11 is 6.16. The summed E-state index contributed by atoms with van der Waals surface area (Å²) in [5.41, 5.74) is 3.01. The first-order valence-electron chi connectivity index (χ1n) is 10.8. The lowest BCUT2D eigenvalue weighted by atomic mass is 9.71. The zero-order valence-corrected chi connectivity index (χ0v) is 19.5. The van der Waals surface area contributed by atoms with Gasteiger partial charge in [0, 0.05) is 45.8 Å². The lowest BCUT2D eigenvalue weighted by molar-refractivity contribution is -0.0305. The van der Waals surface area contributed by atoms with Crippen LogP contribution in [0.25, 0.3) is 10.9 Å². The standard InChI is InChI=1S/C25H28ClNO5/c1-5-30-12-15(31-6-2)13-32-21-11-18-17(10-20(21)28)23(29)22-16-8-7-14(26)9-19(16)27-24(22)25(18,3)4/h7-11,15,27-28H,5-6,12-13H2,1-4H3/t15-/m1/s1. The molecule has 170 valence electrons. The molecule has 3 aromatic rings. The summed E-state index contributed by atoms with van der Waals surface area (Å²) in [6.07, 6.45) is -0.255. The number of carbonyl (C=O) groups excluding carboxylic acids is 1. The van der Waals surface area contributed by atoms with Gasteiger partial charge in [0.05, 0.1) is 12.2 Å². The number of nitrogens with one attached hydrogen (secondary N) is 1. The number of aromatic hydroxyl groups is 1. The summed E-state index contributed by atoms with van der Waals surface area (Å²) in [4.78, 5) is 16.8.